The van der Waals surface area contributed by atoms with Gasteiger partial charge in [0, 0.05) is 5.92 Å². The summed E-state index contributed by atoms with van der Waals surface area (Å²) in [6.07, 6.45) is 6.22. The van der Waals surface area contributed by atoms with Gasteiger partial charge in [0.1, 0.15) is 0 Å². The molecule has 0 radical (unpaired) electrons. The molecule has 0 rings (SSSR count). The SMILES string of the molecule is C#CC(CC)C(=C)C(=C)C. The van der Waals surface area contributed by atoms with Gasteiger partial charge in [-0.2, -0.15) is 0 Å². The zero-order valence-corrected chi connectivity index (χ0v) is 6.78. The number of hydrogen-bond acceptors (Lipinski definition) is 0. The molecule has 0 aromatic carbocycles. The molecule has 1 atom stereocenters. The van der Waals surface area contributed by atoms with Crippen molar-refractivity contribution in [1.82, 2.24) is 0 Å². The Morgan fingerprint density at radius 3 is 2.20 bits per heavy atom. The van der Waals surface area contributed by atoms with Crippen LogP contribution in [0.5, 0.6) is 0 Å². The van der Waals surface area contributed by atoms with Gasteiger partial charge in [0.15, 0.2) is 0 Å². The molecule has 0 heterocycles. The summed E-state index contributed by atoms with van der Waals surface area (Å²) in [6.45, 7) is 11.6. The minimum absolute atomic E-state index is 0.178. The lowest BCUT2D eigenvalue weighted by Gasteiger charge is -2.10. The Labute approximate surface area is 63.6 Å². The van der Waals surface area contributed by atoms with Crippen LogP contribution in [0, 0.1) is 18.3 Å². The molecule has 0 heteroatoms. The van der Waals surface area contributed by atoms with Gasteiger partial charge in [0.05, 0.1) is 0 Å². The van der Waals surface area contributed by atoms with Crippen molar-refractivity contribution in [3.63, 3.8) is 0 Å². The summed E-state index contributed by atoms with van der Waals surface area (Å²) in [5, 5.41) is 0. The number of hydrogen-bond donors (Lipinski definition) is 0. The third-order valence-corrected chi connectivity index (χ3v) is 1.58. The zero-order chi connectivity index (χ0) is 8.15. The minimum Gasteiger partial charge on any atom is -0.119 e. The van der Waals surface area contributed by atoms with E-state index in [9.17, 15) is 0 Å². The molecule has 0 aliphatic carbocycles. The lowest BCUT2D eigenvalue weighted by molar-refractivity contribution is 0.763. The average Bonchev–Trinajstić information content (AvgIpc) is 1.90. The number of allylic oxidation sites excluding steroid dienone is 2. The molecule has 0 aromatic heterocycles. The van der Waals surface area contributed by atoms with Gasteiger partial charge in [0.2, 0.25) is 0 Å². The lowest BCUT2D eigenvalue weighted by Crippen LogP contribution is -1.98. The van der Waals surface area contributed by atoms with Crippen LogP contribution in [0.4, 0.5) is 0 Å². The normalized spacial score (nSPS) is 11.7. The van der Waals surface area contributed by atoms with Crippen molar-refractivity contribution in [3.05, 3.63) is 24.3 Å². The number of rotatable bonds is 3. The summed E-state index contributed by atoms with van der Waals surface area (Å²) in [7, 11) is 0. The van der Waals surface area contributed by atoms with E-state index in [0.29, 0.717) is 0 Å². The first-order valence-corrected chi connectivity index (χ1v) is 3.44. The van der Waals surface area contributed by atoms with E-state index in [1.54, 1.807) is 0 Å². The van der Waals surface area contributed by atoms with E-state index in [1.165, 1.54) is 0 Å². The molecular formula is C10H14. The van der Waals surface area contributed by atoms with E-state index in [0.717, 1.165) is 17.6 Å². The molecule has 0 nitrogen and oxygen atoms in total. The molecule has 0 spiro atoms. The van der Waals surface area contributed by atoms with E-state index in [2.05, 4.69) is 26.0 Å². The maximum atomic E-state index is 5.27. The third kappa shape index (κ3) is 2.11. The van der Waals surface area contributed by atoms with Gasteiger partial charge in [-0.3, -0.25) is 0 Å². The maximum Gasteiger partial charge on any atom is 0.0443 e. The van der Waals surface area contributed by atoms with Gasteiger partial charge in [-0.1, -0.05) is 31.6 Å². The standard InChI is InChI=1S/C10H14/c1-6-10(7-2)9(5)8(3)4/h1,10H,3,5,7H2,2,4H3. The van der Waals surface area contributed by atoms with E-state index in [1.807, 2.05) is 6.92 Å². The van der Waals surface area contributed by atoms with Gasteiger partial charge in [-0.05, 0) is 18.9 Å². The fraction of sp³-hybridized carbons (Fsp3) is 0.400. The first kappa shape index (κ1) is 9.04. The predicted molar refractivity (Wildman–Crippen MR) is 46.6 cm³/mol. The Morgan fingerprint density at radius 1 is 1.60 bits per heavy atom. The van der Waals surface area contributed by atoms with Crippen LogP contribution in [0.15, 0.2) is 24.3 Å². The Morgan fingerprint density at radius 2 is 2.10 bits per heavy atom. The summed E-state index contributed by atoms with van der Waals surface area (Å²) < 4.78 is 0. The highest BCUT2D eigenvalue weighted by atomic mass is 14.1. The van der Waals surface area contributed by atoms with E-state index in [-0.39, 0.29) is 5.92 Å². The molecule has 54 valence electrons. The van der Waals surface area contributed by atoms with E-state index < -0.39 is 0 Å². The molecule has 0 bridgehead atoms. The van der Waals surface area contributed by atoms with Crippen LogP contribution in [0.2, 0.25) is 0 Å². The zero-order valence-electron chi connectivity index (χ0n) is 6.78. The van der Waals surface area contributed by atoms with Crippen LogP contribution in [0.1, 0.15) is 20.3 Å². The monoisotopic (exact) mass is 134 g/mol. The topological polar surface area (TPSA) is 0 Å². The first-order valence-electron chi connectivity index (χ1n) is 3.44. The molecular weight excluding hydrogens is 120 g/mol. The van der Waals surface area contributed by atoms with Gasteiger partial charge >= 0.3 is 0 Å². The Bertz CT molecular complexity index is 179. The van der Waals surface area contributed by atoms with Crippen molar-refractivity contribution in [2.45, 2.75) is 20.3 Å². The molecule has 0 saturated carbocycles. The van der Waals surface area contributed by atoms with Crippen molar-refractivity contribution in [3.8, 4) is 12.3 Å². The molecule has 0 aromatic rings. The molecule has 0 aliphatic heterocycles. The van der Waals surface area contributed by atoms with Crippen LogP contribution in [-0.2, 0) is 0 Å². The highest BCUT2D eigenvalue weighted by Crippen LogP contribution is 2.17. The Hall–Kier alpha value is -0.960. The summed E-state index contributed by atoms with van der Waals surface area (Å²) in [5.74, 6) is 2.85. The summed E-state index contributed by atoms with van der Waals surface area (Å²) in [4.78, 5) is 0. The molecule has 0 amide bonds. The fourth-order valence-electron chi connectivity index (χ4n) is 0.762. The van der Waals surface area contributed by atoms with Crippen LogP contribution >= 0.6 is 0 Å². The maximum absolute atomic E-state index is 5.27. The smallest absolute Gasteiger partial charge is 0.0443 e. The van der Waals surface area contributed by atoms with Crippen molar-refractivity contribution in [1.29, 1.82) is 0 Å². The number of terminal acetylenes is 1. The van der Waals surface area contributed by atoms with Gasteiger partial charge < -0.3 is 0 Å². The van der Waals surface area contributed by atoms with Crippen LogP contribution in [-0.4, -0.2) is 0 Å². The molecule has 10 heavy (non-hydrogen) atoms. The van der Waals surface area contributed by atoms with Crippen molar-refractivity contribution in [2.75, 3.05) is 0 Å². The van der Waals surface area contributed by atoms with E-state index >= 15 is 0 Å². The Kier molecular flexibility index (Phi) is 3.57. The first-order chi connectivity index (χ1) is 4.63. The molecule has 0 N–H and O–H groups in total. The van der Waals surface area contributed by atoms with Crippen LogP contribution in [0.3, 0.4) is 0 Å². The highest BCUT2D eigenvalue weighted by molar-refractivity contribution is 5.30. The summed E-state index contributed by atoms with van der Waals surface area (Å²) in [5.41, 5.74) is 1.98. The average molecular weight is 134 g/mol. The second-order valence-corrected chi connectivity index (χ2v) is 2.43. The fourth-order valence-corrected chi connectivity index (χ4v) is 0.762. The molecule has 0 saturated heterocycles. The summed E-state index contributed by atoms with van der Waals surface area (Å²) in [6, 6.07) is 0. The third-order valence-electron chi connectivity index (χ3n) is 1.58. The van der Waals surface area contributed by atoms with Gasteiger partial charge in [-0.15, -0.1) is 6.42 Å². The quantitative estimate of drug-likeness (QED) is 0.411. The second-order valence-electron chi connectivity index (χ2n) is 2.43. The highest BCUT2D eigenvalue weighted by Gasteiger charge is 2.05. The Balaban J connectivity index is 4.20. The van der Waals surface area contributed by atoms with E-state index in [4.69, 9.17) is 6.42 Å². The molecule has 1 unspecified atom stereocenters. The predicted octanol–water partition coefficient (Wildman–Crippen LogP) is 2.78. The summed E-state index contributed by atoms with van der Waals surface area (Å²) >= 11 is 0. The van der Waals surface area contributed by atoms with Crippen LogP contribution < -0.4 is 0 Å². The van der Waals surface area contributed by atoms with Crippen molar-refractivity contribution in [2.24, 2.45) is 5.92 Å². The van der Waals surface area contributed by atoms with Crippen LogP contribution in [0.25, 0.3) is 0 Å². The van der Waals surface area contributed by atoms with Gasteiger partial charge in [-0.25, -0.2) is 0 Å². The lowest BCUT2D eigenvalue weighted by atomic mass is 9.94. The minimum atomic E-state index is 0.178. The molecule has 0 aliphatic rings. The molecule has 0 fully saturated rings. The largest absolute Gasteiger partial charge is 0.119 e. The van der Waals surface area contributed by atoms with Gasteiger partial charge in [0.25, 0.3) is 0 Å². The van der Waals surface area contributed by atoms with Crippen molar-refractivity contribution < 1.29 is 0 Å². The second kappa shape index (κ2) is 3.95. The van der Waals surface area contributed by atoms with Crippen molar-refractivity contribution >= 4 is 0 Å².